The van der Waals surface area contributed by atoms with Crippen molar-refractivity contribution in [1.29, 1.82) is 0 Å². The molecule has 0 radical (unpaired) electrons. The molecule has 36 heavy (non-hydrogen) atoms. The summed E-state index contributed by atoms with van der Waals surface area (Å²) in [5, 5.41) is 8.14. The maximum Gasteiger partial charge on any atom is 0.421 e. The topological polar surface area (TPSA) is 142 Å². The number of para-hydroxylation sites is 1. The summed E-state index contributed by atoms with van der Waals surface area (Å²) >= 11 is 0. The van der Waals surface area contributed by atoms with Crippen molar-refractivity contribution in [1.82, 2.24) is 19.9 Å². The van der Waals surface area contributed by atoms with Crippen LogP contribution in [0.2, 0.25) is 0 Å². The Balaban J connectivity index is 1.62. The fourth-order valence-electron chi connectivity index (χ4n) is 3.45. The Morgan fingerprint density at radius 1 is 1.17 bits per heavy atom. The van der Waals surface area contributed by atoms with Gasteiger partial charge in [-0.15, -0.1) is 0 Å². The van der Waals surface area contributed by atoms with Crippen molar-refractivity contribution in [2.75, 3.05) is 33.6 Å². The number of amides is 1. The van der Waals surface area contributed by atoms with Crippen LogP contribution in [0.1, 0.15) is 22.5 Å². The number of fused-ring (bicyclic) bond motifs is 1. The summed E-state index contributed by atoms with van der Waals surface area (Å²) in [6.45, 7) is 1.34. The standard InChI is InChI=1S/C21H21F3N8O3S/c1-11-19(32(2)36(3,34)35)28-13(8-25-11)9-26-18-14(21(22,23)24)10-27-20(31-18)29-15-6-4-5-12-7-16(33)30-17(12)15/h4-6,8,10H,7,9H2,1-3H3,(H,30,33)(H2,26,27,29,31). The Morgan fingerprint density at radius 2 is 1.92 bits per heavy atom. The number of aromatic nitrogens is 4. The molecule has 0 atom stereocenters. The van der Waals surface area contributed by atoms with Crippen LogP contribution in [0, 0.1) is 6.92 Å². The number of carbonyl (C=O) groups excluding carboxylic acids is 1. The summed E-state index contributed by atoms with van der Waals surface area (Å²) < 4.78 is 65.5. The van der Waals surface area contributed by atoms with Gasteiger partial charge in [0.1, 0.15) is 11.4 Å². The van der Waals surface area contributed by atoms with Crippen molar-refractivity contribution in [2.45, 2.75) is 26.1 Å². The van der Waals surface area contributed by atoms with E-state index in [0.717, 1.165) is 16.1 Å². The van der Waals surface area contributed by atoms with Gasteiger partial charge in [-0.05, 0) is 18.6 Å². The van der Waals surface area contributed by atoms with Gasteiger partial charge >= 0.3 is 6.18 Å². The molecule has 190 valence electrons. The normalized spacial score (nSPS) is 13.2. The van der Waals surface area contributed by atoms with Crippen LogP contribution < -0.4 is 20.3 Å². The van der Waals surface area contributed by atoms with Gasteiger partial charge in [-0.1, -0.05) is 12.1 Å². The fraction of sp³-hybridized carbons (Fsp3) is 0.286. The van der Waals surface area contributed by atoms with E-state index in [9.17, 15) is 26.4 Å². The Bertz CT molecular complexity index is 1450. The Morgan fingerprint density at radius 3 is 2.61 bits per heavy atom. The number of nitrogens with one attached hydrogen (secondary N) is 3. The summed E-state index contributed by atoms with van der Waals surface area (Å²) in [6.07, 6.45) is -1.59. The zero-order valence-corrected chi connectivity index (χ0v) is 20.1. The molecule has 1 aliphatic heterocycles. The number of benzene rings is 1. The second kappa shape index (κ2) is 9.22. The number of rotatable bonds is 7. The Hall–Kier alpha value is -4.01. The lowest BCUT2D eigenvalue weighted by atomic mass is 10.1. The largest absolute Gasteiger partial charge is 0.421 e. The van der Waals surface area contributed by atoms with Crippen molar-refractivity contribution in [2.24, 2.45) is 0 Å². The van der Waals surface area contributed by atoms with E-state index in [4.69, 9.17) is 0 Å². The molecule has 0 saturated heterocycles. The van der Waals surface area contributed by atoms with E-state index in [1.54, 1.807) is 25.1 Å². The van der Waals surface area contributed by atoms with Crippen LogP contribution in [0.4, 0.5) is 42.1 Å². The quantitative estimate of drug-likeness (QED) is 0.427. The number of alkyl halides is 3. The first-order chi connectivity index (χ1) is 16.8. The number of sulfonamides is 1. The van der Waals surface area contributed by atoms with Crippen LogP contribution in [-0.4, -0.2) is 47.6 Å². The molecule has 0 aliphatic carbocycles. The molecule has 2 aromatic heterocycles. The molecule has 0 unspecified atom stereocenters. The number of hydrogen-bond donors (Lipinski definition) is 3. The molecule has 3 heterocycles. The monoisotopic (exact) mass is 522 g/mol. The van der Waals surface area contributed by atoms with Gasteiger partial charge in [0, 0.05) is 13.2 Å². The van der Waals surface area contributed by atoms with Gasteiger partial charge in [0.05, 0.1) is 48.2 Å². The van der Waals surface area contributed by atoms with Crippen LogP contribution in [0.3, 0.4) is 0 Å². The summed E-state index contributed by atoms with van der Waals surface area (Å²) in [5.74, 6) is -0.794. The summed E-state index contributed by atoms with van der Waals surface area (Å²) in [4.78, 5) is 27.8. The third-order valence-corrected chi connectivity index (χ3v) is 6.49. The number of hydrogen-bond acceptors (Lipinski definition) is 9. The van der Waals surface area contributed by atoms with Gasteiger partial charge in [0.2, 0.25) is 21.9 Å². The van der Waals surface area contributed by atoms with Gasteiger partial charge in [-0.2, -0.15) is 18.2 Å². The van der Waals surface area contributed by atoms with Crippen molar-refractivity contribution < 1.29 is 26.4 Å². The van der Waals surface area contributed by atoms with Crippen molar-refractivity contribution in [3.63, 3.8) is 0 Å². The van der Waals surface area contributed by atoms with Crippen LogP contribution in [0.5, 0.6) is 0 Å². The van der Waals surface area contributed by atoms with E-state index < -0.39 is 27.6 Å². The number of nitrogens with zero attached hydrogens (tertiary/aromatic N) is 5. The van der Waals surface area contributed by atoms with E-state index in [-0.39, 0.29) is 36.3 Å². The van der Waals surface area contributed by atoms with E-state index in [1.165, 1.54) is 13.2 Å². The molecule has 0 saturated carbocycles. The minimum Gasteiger partial charge on any atom is -0.364 e. The zero-order chi connectivity index (χ0) is 26.3. The lowest BCUT2D eigenvalue weighted by Crippen LogP contribution is -2.27. The van der Waals surface area contributed by atoms with E-state index in [2.05, 4.69) is 35.9 Å². The van der Waals surface area contributed by atoms with Crippen molar-refractivity contribution >= 4 is 44.9 Å². The first-order valence-electron chi connectivity index (χ1n) is 10.5. The summed E-state index contributed by atoms with van der Waals surface area (Å²) in [6, 6.07) is 5.10. The number of aryl methyl sites for hydroxylation is 1. The molecule has 1 aromatic carbocycles. The maximum atomic E-state index is 13.6. The smallest absolute Gasteiger partial charge is 0.364 e. The molecule has 0 bridgehead atoms. The molecule has 1 amide bonds. The zero-order valence-electron chi connectivity index (χ0n) is 19.3. The average Bonchev–Trinajstić information content (AvgIpc) is 3.18. The molecule has 0 spiro atoms. The molecule has 15 heteroatoms. The molecule has 0 fully saturated rings. The van der Waals surface area contributed by atoms with E-state index >= 15 is 0 Å². The van der Waals surface area contributed by atoms with Crippen LogP contribution in [0.25, 0.3) is 0 Å². The van der Waals surface area contributed by atoms with E-state index in [1.807, 2.05) is 0 Å². The predicted octanol–water partition coefficient (Wildman–Crippen LogP) is 2.84. The molecule has 11 nitrogen and oxygen atoms in total. The number of halogens is 3. The lowest BCUT2D eigenvalue weighted by Gasteiger charge is -2.18. The van der Waals surface area contributed by atoms with Crippen LogP contribution in [0.15, 0.2) is 30.6 Å². The number of carbonyl (C=O) groups is 1. The van der Waals surface area contributed by atoms with Crippen LogP contribution >= 0.6 is 0 Å². The van der Waals surface area contributed by atoms with Gasteiger partial charge in [0.25, 0.3) is 0 Å². The highest BCUT2D eigenvalue weighted by atomic mass is 32.2. The highest BCUT2D eigenvalue weighted by Gasteiger charge is 2.35. The fourth-order valence-corrected chi connectivity index (χ4v) is 3.94. The minimum absolute atomic E-state index is 0.0536. The highest BCUT2D eigenvalue weighted by Crippen LogP contribution is 2.36. The van der Waals surface area contributed by atoms with Crippen molar-refractivity contribution in [3.05, 3.63) is 53.1 Å². The van der Waals surface area contributed by atoms with Gasteiger partial charge in [-0.3, -0.25) is 14.1 Å². The highest BCUT2D eigenvalue weighted by molar-refractivity contribution is 7.92. The average molecular weight is 523 g/mol. The minimum atomic E-state index is -4.75. The Labute approximate surface area is 204 Å². The predicted molar refractivity (Wildman–Crippen MR) is 126 cm³/mol. The molecule has 1 aliphatic rings. The molecule has 3 aromatic rings. The molecule has 3 N–H and O–H groups in total. The first kappa shape index (κ1) is 25.1. The second-order valence-electron chi connectivity index (χ2n) is 8.00. The number of anilines is 5. The third-order valence-electron chi connectivity index (χ3n) is 5.32. The SMILES string of the molecule is Cc1ncc(CNc2nc(Nc3cccc4c3NC(=O)C4)ncc2C(F)(F)F)nc1N(C)S(C)(=O)=O. The molecule has 4 rings (SSSR count). The second-order valence-corrected chi connectivity index (χ2v) is 10.0. The molecular weight excluding hydrogens is 501 g/mol. The Kier molecular flexibility index (Phi) is 6.43. The summed E-state index contributed by atoms with van der Waals surface area (Å²) in [5.41, 5.74) is 1.10. The van der Waals surface area contributed by atoms with Gasteiger partial charge in [0.15, 0.2) is 5.82 Å². The van der Waals surface area contributed by atoms with Crippen LogP contribution in [-0.2, 0) is 34.0 Å². The maximum absolute atomic E-state index is 13.6. The molecular formula is C21H21F3N8O3S. The lowest BCUT2D eigenvalue weighted by molar-refractivity contribution is -0.137. The third kappa shape index (κ3) is 5.30. The van der Waals surface area contributed by atoms with E-state index in [0.29, 0.717) is 23.3 Å². The first-order valence-corrected chi connectivity index (χ1v) is 12.3. The summed E-state index contributed by atoms with van der Waals surface area (Å²) in [7, 11) is -2.32. The van der Waals surface area contributed by atoms with Gasteiger partial charge < -0.3 is 16.0 Å². The van der Waals surface area contributed by atoms with Crippen molar-refractivity contribution in [3.8, 4) is 0 Å². The van der Waals surface area contributed by atoms with Gasteiger partial charge in [-0.25, -0.2) is 18.4 Å².